The van der Waals surface area contributed by atoms with Crippen LogP contribution in [0.15, 0.2) is 54.6 Å². The molecular formula is C20H19NO6. The quantitative estimate of drug-likeness (QED) is 0.567. The fraction of sp³-hybridized carbons (Fsp3) is 0.200. The van der Waals surface area contributed by atoms with Gasteiger partial charge < -0.3 is 14.8 Å². The number of carbonyl (C=O) groups is 4. The number of Topliss-reactive ketones (excluding diaryl/α,β-unsaturated/α-hetero) is 1. The molecule has 0 aliphatic heterocycles. The molecule has 1 amide bonds. The topological polar surface area (TPSA) is 98.8 Å². The summed E-state index contributed by atoms with van der Waals surface area (Å²) in [6, 6.07) is 14.8. The van der Waals surface area contributed by atoms with Gasteiger partial charge in [-0.3, -0.25) is 14.4 Å². The molecule has 7 nitrogen and oxygen atoms in total. The number of esters is 2. The zero-order chi connectivity index (χ0) is 19.6. The number of anilines is 1. The maximum absolute atomic E-state index is 12.0. The molecule has 2 aromatic rings. The summed E-state index contributed by atoms with van der Waals surface area (Å²) in [6.07, 6.45) is -0.331. The van der Waals surface area contributed by atoms with Gasteiger partial charge >= 0.3 is 11.9 Å². The van der Waals surface area contributed by atoms with Crippen LogP contribution in [-0.2, 0) is 19.1 Å². The zero-order valence-electron chi connectivity index (χ0n) is 14.8. The number of amides is 1. The van der Waals surface area contributed by atoms with Crippen LogP contribution in [-0.4, -0.2) is 37.3 Å². The molecular weight excluding hydrogens is 350 g/mol. The number of methoxy groups -OCH3 is 1. The second-order valence-corrected chi connectivity index (χ2v) is 5.54. The second kappa shape index (κ2) is 9.86. The third-order valence-electron chi connectivity index (χ3n) is 3.62. The van der Waals surface area contributed by atoms with Gasteiger partial charge in [0.1, 0.15) is 0 Å². The first-order chi connectivity index (χ1) is 13.0. The van der Waals surface area contributed by atoms with Crippen LogP contribution in [0.3, 0.4) is 0 Å². The van der Waals surface area contributed by atoms with E-state index in [1.165, 1.54) is 13.2 Å². The van der Waals surface area contributed by atoms with E-state index in [2.05, 4.69) is 10.1 Å². The minimum absolute atomic E-state index is 0.145. The molecule has 0 unspecified atom stereocenters. The van der Waals surface area contributed by atoms with Crippen LogP contribution in [0.5, 0.6) is 0 Å². The van der Waals surface area contributed by atoms with Gasteiger partial charge in [0.05, 0.1) is 24.8 Å². The summed E-state index contributed by atoms with van der Waals surface area (Å²) in [7, 11) is 1.24. The van der Waals surface area contributed by atoms with Crippen LogP contribution in [0.4, 0.5) is 5.69 Å². The van der Waals surface area contributed by atoms with Crippen molar-refractivity contribution >= 4 is 29.3 Å². The van der Waals surface area contributed by atoms with Gasteiger partial charge in [0.15, 0.2) is 12.4 Å². The molecule has 0 aliphatic carbocycles. The lowest BCUT2D eigenvalue weighted by atomic mass is 10.1. The molecule has 0 bridgehead atoms. The number of benzene rings is 2. The third-order valence-corrected chi connectivity index (χ3v) is 3.62. The number of carbonyl (C=O) groups excluding carboxylic acids is 4. The summed E-state index contributed by atoms with van der Waals surface area (Å²) in [4.78, 5) is 47.3. The lowest BCUT2D eigenvalue weighted by Gasteiger charge is -2.09. The predicted octanol–water partition coefficient (Wildman–Crippen LogP) is 2.62. The van der Waals surface area contributed by atoms with Crippen molar-refractivity contribution in [1.29, 1.82) is 0 Å². The van der Waals surface area contributed by atoms with E-state index in [1.54, 1.807) is 48.5 Å². The minimum Gasteiger partial charge on any atom is -0.465 e. The highest BCUT2D eigenvalue weighted by Gasteiger charge is 2.15. The Kier molecular flexibility index (Phi) is 7.25. The van der Waals surface area contributed by atoms with Crippen LogP contribution >= 0.6 is 0 Å². The zero-order valence-corrected chi connectivity index (χ0v) is 14.8. The second-order valence-electron chi connectivity index (χ2n) is 5.54. The van der Waals surface area contributed by atoms with Crippen molar-refractivity contribution in [1.82, 2.24) is 0 Å². The minimum atomic E-state index is -0.657. The number of nitrogens with one attached hydrogen (secondary N) is 1. The van der Waals surface area contributed by atoms with Crippen molar-refractivity contribution in [3.8, 4) is 0 Å². The first kappa shape index (κ1) is 19.8. The highest BCUT2D eigenvalue weighted by atomic mass is 16.5. The van der Waals surface area contributed by atoms with Crippen LogP contribution in [0.2, 0.25) is 0 Å². The van der Waals surface area contributed by atoms with E-state index < -0.39 is 17.8 Å². The van der Waals surface area contributed by atoms with E-state index in [0.29, 0.717) is 11.3 Å². The van der Waals surface area contributed by atoms with E-state index in [9.17, 15) is 19.2 Å². The van der Waals surface area contributed by atoms with Gasteiger partial charge in [0.2, 0.25) is 5.91 Å². The monoisotopic (exact) mass is 369 g/mol. The highest BCUT2D eigenvalue weighted by molar-refractivity contribution is 6.02. The van der Waals surface area contributed by atoms with Gasteiger partial charge in [-0.2, -0.15) is 0 Å². The van der Waals surface area contributed by atoms with Gasteiger partial charge in [-0.05, 0) is 12.1 Å². The number of hydrogen-bond donors (Lipinski definition) is 1. The lowest BCUT2D eigenvalue weighted by Crippen LogP contribution is -2.18. The molecule has 1 N–H and O–H groups in total. The fourth-order valence-electron chi connectivity index (χ4n) is 2.23. The molecule has 27 heavy (non-hydrogen) atoms. The van der Waals surface area contributed by atoms with Crippen LogP contribution in [0.25, 0.3) is 0 Å². The Balaban J connectivity index is 1.79. The summed E-state index contributed by atoms with van der Waals surface area (Å²) in [5.74, 6) is -2.02. The Labute approximate surface area is 156 Å². The smallest absolute Gasteiger partial charge is 0.339 e. The van der Waals surface area contributed by atoms with Gasteiger partial charge in [-0.25, -0.2) is 4.79 Å². The molecule has 140 valence electrons. The molecule has 0 spiro atoms. The van der Waals surface area contributed by atoms with E-state index in [1.807, 2.05) is 0 Å². The fourth-order valence-corrected chi connectivity index (χ4v) is 2.23. The molecule has 7 heteroatoms. The van der Waals surface area contributed by atoms with Gasteiger partial charge in [0.25, 0.3) is 0 Å². The molecule has 0 saturated carbocycles. The number of ketones is 1. The Morgan fingerprint density at radius 2 is 1.56 bits per heavy atom. The molecule has 0 aliphatic rings. The van der Waals surface area contributed by atoms with Crippen molar-refractivity contribution in [2.75, 3.05) is 19.0 Å². The molecule has 0 heterocycles. The van der Waals surface area contributed by atoms with Crippen molar-refractivity contribution in [2.24, 2.45) is 0 Å². The number of ether oxygens (including phenoxy) is 2. The summed E-state index contributed by atoms with van der Waals surface area (Å²) >= 11 is 0. The Hall–Kier alpha value is -3.48. The van der Waals surface area contributed by atoms with E-state index in [0.717, 1.165) is 0 Å². The SMILES string of the molecule is COC(=O)c1ccccc1NC(=O)CCC(=O)OCC(=O)c1ccccc1. The summed E-state index contributed by atoms with van der Waals surface area (Å²) in [6.45, 7) is -0.379. The van der Waals surface area contributed by atoms with Crippen molar-refractivity contribution in [3.63, 3.8) is 0 Å². The Morgan fingerprint density at radius 1 is 0.889 bits per heavy atom. The molecule has 0 saturated heterocycles. The first-order valence-electron chi connectivity index (χ1n) is 8.22. The third kappa shape index (κ3) is 6.07. The summed E-state index contributed by atoms with van der Waals surface area (Å²) < 4.78 is 9.55. The standard InChI is InChI=1S/C20H19NO6/c1-26-20(25)15-9-5-6-10-16(15)21-18(23)11-12-19(24)27-13-17(22)14-7-3-2-4-8-14/h2-10H,11-13H2,1H3,(H,21,23). The van der Waals surface area contributed by atoms with Crippen LogP contribution < -0.4 is 5.32 Å². The average molecular weight is 369 g/mol. The first-order valence-corrected chi connectivity index (χ1v) is 8.22. The molecule has 0 radical (unpaired) electrons. The number of para-hydroxylation sites is 1. The maximum Gasteiger partial charge on any atom is 0.339 e. The lowest BCUT2D eigenvalue weighted by molar-refractivity contribution is -0.143. The van der Waals surface area contributed by atoms with Crippen LogP contribution in [0, 0.1) is 0 Å². The van der Waals surface area contributed by atoms with E-state index >= 15 is 0 Å². The van der Waals surface area contributed by atoms with Gasteiger partial charge in [-0.15, -0.1) is 0 Å². The van der Waals surface area contributed by atoms with E-state index in [4.69, 9.17) is 4.74 Å². The predicted molar refractivity (Wildman–Crippen MR) is 97.4 cm³/mol. The largest absolute Gasteiger partial charge is 0.465 e. The summed E-state index contributed by atoms with van der Waals surface area (Å²) in [5, 5.41) is 2.56. The van der Waals surface area contributed by atoms with Crippen molar-refractivity contribution in [3.05, 3.63) is 65.7 Å². The number of hydrogen-bond acceptors (Lipinski definition) is 6. The van der Waals surface area contributed by atoms with Gasteiger partial charge in [0, 0.05) is 12.0 Å². The van der Waals surface area contributed by atoms with Crippen LogP contribution in [0.1, 0.15) is 33.6 Å². The van der Waals surface area contributed by atoms with E-state index in [-0.39, 0.29) is 30.8 Å². The molecule has 2 rings (SSSR count). The van der Waals surface area contributed by atoms with Crippen molar-refractivity contribution < 1.29 is 28.7 Å². The normalized spacial score (nSPS) is 9.96. The van der Waals surface area contributed by atoms with Crippen molar-refractivity contribution in [2.45, 2.75) is 12.8 Å². The molecule has 0 atom stereocenters. The average Bonchev–Trinajstić information content (AvgIpc) is 2.71. The highest BCUT2D eigenvalue weighted by Crippen LogP contribution is 2.16. The Bertz CT molecular complexity index is 831. The maximum atomic E-state index is 12.0. The Morgan fingerprint density at radius 3 is 2.26 bits per heavy atom. The molecule has 2 aromatic carbocycles. The summed E-state index contributed by atoms with van der Waals surface area (Å²) in [5.41, 5.74) is 0.953. The number of rotatable bonds is 8. The molecule has 0 aromatic heterocycles. The van der Waals surface area contributed by atoms with Gasteiger partial charge in [-0.1, -0.05) is 42.5 Å². The molecule has 0 fully saturated rings.